The fourth-order valence-electron chi connectivity index (χ4n) is 3.47. The second-order valence-corrected chi connectivity index (χ2v) is 7.16. The molecular weight excluding hydrogens is 400 g/mol. The molecule has 1 aromatic heterocycles. The summed E-state index contributed by atoms with van der Waals surface area (Å²) >= 11 is 0. The van der Waals surface area contributed by atoms with E-state index in [0.29, 0.717) is 42.7 Å². The summed E-state index contributed by atoms with van der Waals surface area (Å²) in [6, 6.07) is 5.26. The van der Waals surface area contributed by atoms with Gasteiger partial charge in [-0.3, -0.25) is 14.5 Å². The van der Waals surface area contributed by atoms with Gasteiger partial charge in [0.2, 0.25) is 5.91 Å². The lowest BCUT2D eigenvalue weighted by atomic mass is 10.1. The Morgan fingerprint density at radius 1 is 1.32 bits per heavy atom. The molecule has 10 nitrogen and oxygen atoms in total. The standard InChI is InChI=1S/C21H30N6O4/c1-5-22-21(23-12-18(28)17-10-16(30-3)6-7-19(17)31-4)26-8-9-27(20(29)14-26)15-11-24-25(2)13-15/h6-7,10-11,13,18,28H,5,8-9,12,14H2,1-4H3,(H,22,23). The van der Waals surface area contributed by atoms with Crippen LogP contribution in [0, 0.1) is 0 Å². The number of nitrogens with one attached hydrogen (secondary N) is 1. The number of methoxy groups -OCH3 is 2. The van der Waals surface area contributed by atoms with Gasteiger partial charge in [0.1, 0.15) is 24.1 Å². The predicted octanol–water partition coefficient (Wildman–Crippen LogP) is 0.785. The molecule has 168 valence electrons. The van der Waals surface area contributed by atoms with Crippen molar-refractivity contribution in [2.45, 2.75) is 13.0 Å². The van der Waals surface area contributed by atoms with Gasteiger partial charge < -0.3 is 29.7 Å². The molecule has 2 aromatic rings. The van der Waals surface area contributed by atoms with E-state index >= 15 is 0 Å². The molecule has 0 saturated carbocycles. The van der Waals surface area contributed by atoms with Crippen LogP contribution in [0.1, 0.15) is 18.6 Å². The number of rotatable bonds is 7. The van der Waals surface area contributed by atoms with Gasteiger partial charge in [0, 0.05) is 38.4 Å². The average Bonchev–Trinajstić information content (AvgIpc) is 3.21. The maximum Gasteiger partial charge on any atom is 0.246 e. The van der Waals surface area contributed by atoms with Crippen LogP contribution in [0.3, 0.4) is 0 Å². The molecule has 10 heteroatoms. The summed E-state index contributed by atoms with van der Waals surface area (Å²) in [5.41, 5.74) is 1.38. The Morgan fingerprint density at radius 2 is 2.13 bits per heavy atom. The Bertz CT molecular complexity index is 928. The van der Waals surface area contributed by atoms with E-state index in [1.165, 1.54) is 0 Å². The van der Waals surface area contributed by atoms with Crippen LogP contribution in [0.25, 0.3) is 0 Å². The van der Waals surface area contributed by atoms with E-state index < -0.39 is 6.10 Å². The number of ether oxygens (including phenoxy) is 2. The highest BCUT2D eigenvalue weighted by Crippen LogP contribution is 2.29. The second-order valence-electron chi connectivity index (χ2n) is 7.16. The summed E-state index contributed by atoms with van der Waals surface area (Å²) < 4.78 is 12.3. The highest BCUT2D eigenvalue weighted by atomic mass is 16.5. The molecule has 1 atom stereocenters. The van der Waals surface area contributed by atoms with Gasteiger partial charge in [-0.2, -0.15) is 5.10 Å². The number of hydrogen-bond acceptors (Lipinski definition) is 6. The minimum Gasteiger partial charge on any atom is -0.497 e. The van der Waals surface area contributed by atoms with E-state index in [-0.39, 0.29) is 19.0 Å². The third-order valence-corrected chi connectivity index (χ3v) is 5.07. The summed E-state index contributed by atoms with van der Waals surface area (Å²) in [6.07, 6.45) is 2.63. The van der Waals surface area contributed by atoms with Crippen LogP contribution in [-0.2, 0) is 11.8 Å². The number of nitrogens with zero attached hydrogens (tertiary/aromatic N) is 5. The van der Waals surface area contributed by atoms with Gasteiger partial charge in [-0.05, 0) is 25.1 Å². The number of aryl methyl sites for hydroxylation is 1. The molecule has 1 unspecified atom stereocenters. The monoisotopic (exact) mass is 430 g/mol. The van der Waals surface area contributed by atoms with Gasteiger partial charge in [0.25, 0.3) is 0 Å². The van der Waals surface area contributed by atoms with E-state index in [1.54, 1.807) is 48.2 Å². The van der Waals surface area contributed by atoms with E-state index in [9.17, 15) is 9.90 Å². The zero-order valence-corrected chi connectivity index (χ0v) is 18.4. The van der Waals surface area contributed by atoms with E-state index in [2.05, 4.69) is 15.4 Å². The summed E-state index contributed by atoms with van der Waals surface area (Å²) in [5, 5.41) is 18.1. The lowest BCUT2D eigenvalue weighted by molar-refractivity contribution is -0.120. The molecule has 1 fully saturated rings. The molecular formula is C21H30N6O4. The number of carbonyl (C=O) groups is 1. The zero-order valence-electron chi connectivity index (χ0n) is 18.4. The van der Waals surface area contributed by atoms with Crippen LogP contribution < -0.4 is 19.7 Å². The van der Waals surface area contributed by atoms with Crippen LogP contribution in [0.5, 0.6) is 11.5 Å². The minimum atomic E-state index is -0.883. The van der Waals surface area contributed by atoms with Gasteiger partial charge in [0.15, 0.2) is 5.96 Å². The Balaban J connectivity index is 1.71. The summed E-state index contributed by atoms with van der Waals surface area (Å²) in [7, 11) is 4.95. The third-order valence-electron chi connectivity index (χ3n) is 5.07. The number of aliphatic hydroxyl groups excluding tert-OH is 1. The van der Waals surface area contributed by atoms with Crippen molar-refractivity contribution in [3.8, 4) is 11.5 Å². The van der Waals surface area contributed by atoms with Crippen molar-refractivity contribution in [1.29, 1.82) is 0 Å². The average molecular weight is 431 g/mol. The first kappa shape index (κ1) is 22.4. The normalized spacial score (nSPS) is 15.8. The molecule has 1 aliphatic rings. The molecule has 0 spiro atoms. The fourth-order valence-corrected chi connectivity index (χ4v) is 3.47. The van der Waals surface area contributed by atoms with Crippen molar-refractivity contribution < 1.29 is 19.4 Å². The van der Waals surface area contributed by atoms with Crippen LogP contribution in [0.2, 0.25) is 0 Å². The van der Waals surface area contributed by atoms with Crippen molar-refractivity contribution in [1.82, 2.24) is 20.0 Å². The predicted molar refractivity (Wildman–Crippen MR) is 118 cm³/mol. The lowest BCUT2D eigenvalue weighted by Crippen LogP contribution is -2.55. The van der Waals surface area contributed by atoms with E-state index in [4.69, 9.17) is 9.47 Å². The van der Waals surface area contributed by atoms with Gasteiger partial charge in [0.05, 0.1) is 32.6 Å². The first-order valence-corrected chi connectivity index (χ1v) is 10.2. The molecule has 0 radical (unpaired) electrons. The molecule has 1 amide bonds. The number of guanidine groups is 1. The maximum atomic E-state index is 12.7. The van der Waals surface area contributed by atoms with Crippen molar-refractivity contribution in [2.75, 3.05) is 51.8 Å². The Labute approximate surface area is 182 Å². The number of aliphatic imine (C=N–C) groups is 1. The Morgan fingerprint density at radius 3 is 2.74 bits per heavy atom. The highest BCUT2D eigenvalue weighted by molar-refractivity contribution is 5.98. The molecule has 2 N–H and O–H groups in total. The topological polar surface area (TPSA) is 104 Å². The molecule has 1 saturated heterocycles. The van der Waals surface area contributed by atoms with Crippen LogP contribution in [-0.4, -0.2) is 78.6 Å². The van der Waals surface area contributed by atoms with Crippen molar-refractivity contribution in [3.05, 3.63) is 36.2 Å². The van der Waals surface area contributed by atoms with Crippen molar-refractivity contribution >= 4 is 17.6 Å². The molecule has 2 heterocycles. The number of aliphatic hydroxyl groups is 1. The molecule has 1 aliphatic heterocycles. The third kappa shape index (κ3) is 5.26. The number of carbonyl (C=O) groups excluding carboxylic acids is 1. The zero-order chi connectivity index (χ0) is 22.4. The van der Waals surface area contributed by atoms with Gasteiger partial charge >= 0.3 is 0 Å². The van der Waals surface area contributed by atoms with E-state index in [1.807, 2.05) is 25.1 Å². The van der Waals surface area contributed by atoms with Gasteiger partial charge in [-0.25, -0.2) is 0 Å². The SMILES string of the molecule is CCNC(=NCC(O)c1cc(OC)ccc1OC)N1CCN(c2cnn(C)c2)C(=O)C1. The van der Waals surface area contributed by atoms with Crippen LogP contribution in [0.15, 0.2) is 35.6 Å². The largest absolute Gasteiger partial charge is 0.497 e. The van der Waals surface area contributed by atoms with Crippen LogP contribution in [0.4, 0.5) is 5.69 Å². The van der Waals surface area contributed by atoms with Crippen LogP contribution >= 0.6 is 0 Å². The van der Waals surface area contributed by atoms with Crippen molar-refractivity contribution in [3.63, 3.8) is 0 Å². The molecule has 31 heavy (non-hydrogen) atoms. The molecule has 3 rings (SSSR count). The van der Waals surface area contributed by atoms with Gasteiger partial charge in [-0.1, -0.05) is 0 Å². The van der Waals surface area contributed by atoms with Crippen molar-refractivity contribution in [2.24, 2.45) is 12.0 Å². The lowest BCUT2D eigenvalue weighted by Gasteiger charge is -2.35. The maximum absolute atomic E-state index is 12.7. The molecule has 0 aliphatic carbocycles. The smallest absolute Gasteiger partial charge is 0.246 e. The minimum absolute atomic E-state index is 0.0279. The number of benzene rings is 1. The molecule has 1 aromatic carbocycles. The second kappa shape index (κ2) is 10.2. The summed E-state index contributed by atoms with van der Waals surface area (Å²) in [5.74, 6) is 1.75. The van der Waals surface area contributed by atoms with Gasteiger partial charge in [-0.15, -0.1) is 0 Å². The Hall–Kier alpha value is -3.27. The first-order chi connectivity index (χ1) is 15.0. The fraction of sp³-hybridized carbons (Fsp3) is 0.476. The number of anilines is 1. The number of amides is 1. The number of aromatic nitrogens is 2. The van der Waals surface area contributed by atoms with E-state index in [0.717, 1.165) is 5.69 Å². The first-order valence-electron chi connectivity index (χ1n) is 10.2. The summed E-state index contributed by atoms with van der Waals surface area (Å²) in [4.78, 5) is 20.9. The quantitative estimate of drug-likeness (QED) is 0.494. The number of hydrogen-bond donors (Lipinski definition) is 2. The molecule has 0 bridgehead atoms. The highest BCUT2D eigenvalue weighted by Gasteiger charge is 2.28. The summed E-state index contributed by atoms with van der Waals surface area (Å²) in [6.45, 7) is 4.06. The Kier molecular flexibility index (Phi) is 7.35. The number of piperazine rings is 1.